The van der Waals surface area contributed by atoms with Crippen molar-refractivity contribution >= 4 is 17.1 Å². The Morgan fingerprint density at radius 2 is 1.89 bits per heavy atom. The van der Waals surface area contributed by atoms with Crippen LogP contribution in [0.15, 0.2) is 42.5 Å². The summed E-state index contributed by atoms with van der Waals surface area (Å²) in [7, 11) is 2.19. The van der Waals surface area contributed by atoms with Gasteiger partial charge in [0.2, 0.25) is 0 Å². The molecule has 100 valence electrons. The van der Waals surface area contributed by atoms with Gasteiger partial charge in [-0.05, 0) is 50.2 Å². The van der Waals surface area contributed by atoms with E-state index in [-0.39, 0.29) is 0 Å². The Bertz CT molecular complexity index is 542. The Hall–Kier alpha value is -1.67. The smallest absolute Gasteiger partial charge is 0.150 e. The van der Waals surface area contributed by atoms with Gasteiger partial charge in [0.05, 0.1) is 0 Å². The van der Waals surface area contributed by atoms with E-state index in [4.69, 9.17) is 0 Å². The molecule has 1 heterocycles. The SMILES string of the molecule is CC1CCCN1C.O=Cc1ccc2ccccc2c1. The second kappa shape index (κ2) is 6.48. The van der Waals surface area contributed by atoms with Gasteiger partial charge >= 0.3 is 0 Å². The maximum Gasteiger partial charge on any atom is 0.150 e. The van der Waals surface area contributed by atoms with E-state index in [2.05, 4.69) is 18.9 Å². The molecular weight excluding hydrogens is 234 g/mol. The Labute approximate surface area is 115 Å². The number of hydrogen-bond donors (Lipinski definition) is 0. The van der Waals surface area contributed by atoms with Crippen molar-refractivity contribution in [2.24, 2.45) is 0 Å². The molecule has 2 heteroatoms. The van der Waals surface area contributed by atoms with Crippen LogP contribution < -0.4 is 0 Å². The molecule has 19 heavy (non-hydrogen) atoms. The average Bonchev–Trinajstić information content (AvgIpc) is 2.83. The number of nitrogens with zero attached hydrogens (tertiary/aromatic N) is 1. The van der Waals surface area contributed by atoms with Gasteiger partial charge in [-0.25, -0.2) is 0 Å². The lowest BCUT2D eigenvalue weighted by Gasteiger charge is -2.12. The summed E-state index contributed by atoms with van der Waals surface area (Å²) >= 11 is 0. The van der Waals surface area contributed by atoms with Gasteiger partial charge in [-0.3, -0.25) is 4.79 Å². The molecule has 1 atom stereocenters. The fourth-order valence-electron chi connectivity index (χ4n) is 2.36. The van der Waals surface area contributed by atoms with Crippen LogP contribution in [0.4, 0.5) is 0 Å². The maximum absolute atomic E-state index is 10.5. The highest BCUT2D eigenvalue weighted by atomic mass is 16.1. The van der Waals surface area contributed by atoms with Crippen LogP contribution in [-0.2, 0) is 0 Å². The van der Waals surface area contributed by atoms with Crippen molar-refractivity contribution in [3.05, 3.63) is 48.0 Å². The molecule has 1 fully saturated rings. The molecule has 1 aliphatic rings. The fraction of sp³-hybridized carbons (Fsp3) is 0.353. The summed E-state index contributed by atoms with van der Waals surface area (Å²) in [6, 6.07) is 14.5. The first kappa shape index (κ1) is 13.8. The van der Waals surface area contributed by atoms with E-state index in [0.29, 0.717) is 0 Å². The molecular formula is C17H21NO. The molecule has 2 aromatic rings. The lowest BCUT2D eigenvalue weighted by atomic mass is 10.1. The minimum absolute atomic E-state index is 0.730. The molecule has 0 bridgehead atoms. The minimum Gasteiger partial charge on any atom is -0.304 e. The van der Waals surface area contributed by atoms with Crippen LogP contribution in [0.5, 0.6) is 0 Å². The van der Waals surface area contributed by atoms with Gasteiger partial charge < -0.3 is 4.90 Å². The minimum atomic E-state index is 0.730. The number of rotatable bonds is 1. The van der Waals surface area contributed by atoms with Gasteiger partial charge in [0.25, 0.3) is 0 Å². The van der Waals surface area contributed by atoms with Gasteiger partial charge in [0.1, 0.15) is 6.29 Å². The van der Waals surface area contributed by atoms with E-state index in [9.17, 15) is 4.79 Å². The molecule has 1 unspecified atom stereocenters. The van der Waals surface area contributed by atoms with Crippen LogP contribution in [0.3, 0.4) is 0 Å². The normalized spacial score (nSPS) is 18.9. The molecule has 0 aromatic heterocycles. The summed E-state index contributed by atoms with van der Waals surface area (Å²) in [6.45, 7) is 3.59. The molecule has 0 spiro atoms. The van der Waals surface area contributed by atoms with Crippen molar-refractivity contribution in [2.75, 3.05) is 13.6 Å². The largest absolute Gasteiger partial charge is 0.304 e. The number of carbonyl (C=O) groups excluding carboxylic acids is 1. The molecule has 3 rings (SSSR count). The van der Waals surface area contributed by atoms with Crippen LogP contribution in [0, 0.1) is 0 Å². The monoisotopic (exact) mass is 255 g/mol. The van der Waals surface area contributed by atoms with Crippen molar-refractivity contribution < 1.29 is 4.79 Å². The Morgan fingerprint density at radius 3 is 2.42 bits per heavy atom. The third-order valence-electron chi connectivity index (χ3n) is 3.79. The standard InChI is InChI=1S/C11H8O.C6H13N/c12-8-9-5-6-10-3-1-2-4-11(10)7-9;1-6-4-3-5-7(6)2/h1-8H;6H,3-5H2,1-2H3. The summed E-state index contributed by atoms with van der Waals surface area (Å²) in [5.41, 5.74) is 0.730. The van der Waals surface area contributed by atoms with Crippen molar-refractivity contribution in [3.8, 4) is 0 Å². The lowest BCUT2D eigenvalue weighted by molar-refractivity contribution is 0.112. The zero-order chi connectivity index (χ0) is 13.7. The zero-order valence-electron chi connectivity index (χ0n) is 11.7. The third kappa shape index (κ3) is 3.65. The summed E-state index contributed by atoms with van der Waals surface area (Å²) in [4.78, 5) is 12.9. The molecule has 0 aliphatic carbocycles. The van der Waals surface area contributed by atoms with E-state index >= 15 is 0 Å². The van der Waals surface area contributed by atoms with Crippen LogP contribution in [0.2, 0.25) is 0 Å². The second-order valence-corrected chi connectivity index (χ2v) is 5.20. The van der Waals surface area contributed by atoms with Crippen LogP contribution in [0.1, 0.15) is 30.1 Å². The first-order chi connectivity index (χ1) is 9.20. The van der Waals surface area contributed by atoms with Gasteiger partial charge in [0, 0.05) is 11.6 Å². The van der Waals surface area contributed by atoms with Crippen LogP contribution in [-0.4, -0.2) is 30.8 Å². The number of likely N-dealkylation sites (tertiary alicyclic amines) is 1. The number of benzene rings is 2. The number of fused-ring (bicyclic) bond motifs is 1. The Morgan fingerprint density at radius 1 is 1.16 bits per heavy atom. The van der Waals surface area contributed by atoms with E-state index in [1.54, 1.807) is 0 Å². The molecule has 0 radical (unpaired) electrons. The van der Waals surface area contributed by atoms with Gasteiger partial charge in [-0.2, -0.15) is 0 Å². The molecule has 1 aliphatic heterocycles. The summed E-state index contributed by atoms with van der Waals surface area (Å²) in [6.07, 6.45) is 3.67. The van der Waals surface area contributed by atoms with E-state index in [1.165, 1.54) is 24.8 Å². The zero-order valence-corrected chi connectivity index (χ0v) is 11.7. The van der Waals surface area contributed by atoms with Crippen molar-refractivity contribution in [1.82, 2.24) is 4.90 Å². The summed E-state index contributed by atoms with van der Waals surface area (Å²) in [5, 5.41) is 2.28. The quantitative estimate of drug-likeness (QED) is 0.723. The molecule has 2 nitrogen and oxygen atoms in total. The second-order valence-electron chi connectivity index (χ2n) is 5.20. The van der Waals surface area contributed by atoms with Crippen molar-refractivity contribution in [3.63, 3.8) is 0 Å². The number of aldehydes is 1. The van der Waals surface area contributed by atoms with Crippen LogP contribution in [0.25, 0.3) is 10.8 Å². The molecule has 2 aromatic carbocycles. The first-order valence-corrected chi connectivity index (χ1v) is 6.85. The Kier molecular flexibility index (Phi) is 4.69. The maximum atomic E-state index is 10.5. The molecule has 0 amide bonds. The van der Waals surface area contributed by atoms with Crippen molar-refractivity contribution in [2.45, 2.75) is 25.8 Å². The highest BCUT2D eigenvalue weighted by molar-refractivity contribution is 5.88. The van der Waals surface area contributed by atoms with Gasteiger partial charge in [0.15, 0.2) is 0 Å². The summed E-state index contributed by atoms with van der Waals surface area (Å²) in [5.74, 6) is 0. The predicted molar refractivity (Wildman–Crippen MR) is 80.7 cm³/mol. The third-order valence-corrected chi connectivity index (χ3v) is 3.79. The molecule has 1 saturated heterocycles. The topological polar surface area (TPSA) is 20.3 Å². The number of carbonyl (C=O) groups is 1. The fourth-order valence-corrected chi connectivity index (χ4v) is 2.36. The first-order valence-electron chi connectivity index (χ1n) is 6.85. The van der Waals surface area contributed by atoms with E-state index in [0.717, 1.165) is 23.3 Å². The highest BCUT2D eigenvalue weighted by Crippen LogP contribution is 2.14. The number of hydrogen-bond acceptors (Lipinski definition) is 2. The van der Waals surface area contributed by atoms with E-state index < -0.39 is 0 Å². The molecule has 0 N–H and O–H groups in total. The van der Waals surface area contributed by atoms with E-state index in [1.807, 2.05) is 42.5 Å². The van der Waals surface area contributed by atoms with Crippen LogP contribution >= 0.6 is 0 Å². The summed E-state index contributed by atoms with van der Waals surface area (Å²) < 4.78 is 0. The van der Waals surface area contributed by atoms with Gasteiger partial charge in [-0.15, -0.1) is 0 Å². The average molecular weight is 255 g/mol. The van der Waals surface area contributed by atoms with Crippen molar-refractivity contribution in [1.29, 1.82) is 0 Å². The highest BCUT2D eigenvalue weighted by Gasteiger charge is 2.14. The Balaban J connectivity index is 0.000000163. The lowest BCUT2D eigenvalue weighted by Crippen LogP contribution is -2.20. The van der Waals surface area contributed by atoms with Gasteiger partial charge in [-0.1, -0.05) is 36.4 Å². The molecule has 0 saturated carbocycles. The predicted octanol–water partition coefficient (Wildman–Crippen LogP) is 3.75.